The van der Waals surface area contributed by atoms with Gasteiger partial charge in [-0.2, -0.15) is 0 Å². The number of hydrogen-bond donors (Lipinski definition) is 3. The summed E-state index contributed by atoms with van der Waals surface area (Å²) in [5, 5.41) is 9.74. The van der Waals surface area contributed by atoms with E-state index in [9.17, 15) is 4.79 Å². The molecule has 0 aliphatic carbocycles. The zero-order chi connectivity index (χ0) is 15.5. The number of halogens is 1. The number of anilines is 1. The molecular formula is C15H15ClN4OS. The number of aromatic amines is 1. The fourth-order valence-corrected chi connectivity index (χ4v) is 2.97. The lowest BCUT2D eigenvalue weighted by Gasteiger charge is -2.07. The molecule has 0 spiro atoms. The van der Waals surface area contributed by atoms with Gasteiger partial charge in [0.05, 0.1) is 35.0 Å². The second-order valence-electron chi connectivity index (χ2n) is 4.96. The molecule has 0 aliphatic rings. The molecule has 22 heavy (non-hydrogen) atoms. The van der Waals surface area contributed by atoms with Crippen LogP contribution in [0.3, 0.4) is 0 Å². The molecule has 1 aromatic carbocycles. The molecule has 3 aromatic rings. The van der Waals surface area contributed by atoms with Crippen molar-refractivity contribution in [1.82, 2.24) is 15.3 Å². The Labute approximate surface area is 136 Å². The Morgan fingerprint density at radius 3 is 2.95 bits per heavy atom. The lowest BCUT2D eigenvalue weighted by atomic mass is 10.2. The summed E-state index contributed by atoms with van der Waals surface area (Å²) in [5.74, 6) is -0.0534. The van der Waals surface area contributed by atoms with Gasteiger partial charge in [-0.15, -0.1) is 11.3 Å². The summed E-state index contributed by atoms with van der Waals surface area (Å²) in [7, 11) is 0. The third-order valence-electron chi connectivity index (χ3n) is 3.24. The lowest BCUT2D eigenvalue weighted by Crippen LogP contribution is -2.18. The van der Waals surface area contributed by atoms with Crippen LogP contribution in [0.2, 0.25) is 5.02 Å². The SMILES string of the molecule is CC(=O)NCc1cc2cc(Cl)c(NCc3cscn3)cc2[nH]1. The van der Waals surface area contributed by atoms with Crippen LogP contribution in [0.1, 0.15) is 18.3 Å². The smallest absolute Gasteiger partial charge is 0.217 e. The Morgan fingerprint density at radius 1 is 1.36 bits per heavy atom. The molecule has 0 atom stereocenters. The van der Waals surface area contributed by atoms with Gasteiger partial charge in [0, 0.05) is 28.9 Å². The van der Waals surface area contributed by atoms with Gasteiger partial charge < -0.3 is 15.6 Å². The molecule has 5 nitrogen and oxygen atoms in total. The summed E-state index contributed by atoms with van der Waals surface area (Å²) < 4.78 is 0. The standard InChI is InChI=1S/C15H15ClN4OS/c1-9(21)17-5-11-2-10-3-13(16)15(4-14(10)20-11)18-6-12-7-22-8-19-12/h2-4,7-8,18,20H,5-6H2,1H3,(H,17,21). The second-order valence-corrected chi connectivity index (χ2v) is 6.08. The van der Waals surface area contributed by atoms with Gasteiger partial charge in [-0.25, -0.2) is 4.98 Å². The first-order valence-electron chi connectivity index (χ1n) is 6.78. The predicted octanol–water partition coefficient (Wildman–Crippen LogP) is 3.53. The van der Waals surface area contributed by atoms with E-state index in [2.05, 4.69) is 20.6 Å². The van der Waals surface area contributed by atoms with Crippen molar-refractivity contribution in [2.75, 3.05) is 5.32 Å². The predicted molar refractivity (Wildman–Crippen MR) is 90.3 cm³/mol. The molecule has 0 aliphatic heterocycles. The molecule has 7 heteroatoms. The average molecular weight is 335 g/mol. The highest BCUT2D eigenvalue weighted by Crippen LogP contribution is 2.29. The summed E-state index contributed by atoms with van der Waals surface area (Å²) in [6.07, 6.45) is 0. The van der Waals surface area contributed by atoms with E-state index in [0.29, 0.717) is 18.1 Å². The Morgan fingerprint density at radius 2 is 2.23 bits per heavy atom. The molecule has 114 valence electrons. The van der Waals surface area contributed by atoms with Crippen molar-refractivity contribution in [2.45, 2.75) is 20.0 Å². The number of aromatic nitrogens is 2. The zero-order valence-electron chi connectivity index (χ0n) is 11.9. The molecule has 2 heterocycles. The molecule has 3 N–H and O–H groups in total. The Hall–Kier alpha value is -2.05. The van der Waals surface area contributed by atoms with Crippen LogP contribution in [-0.2, 0) is 17.9 Å². The lowest BCUT2D eigenvalue weighted by molar-refractivity contribution is -0.119. The van der Waals surface area contributed by atoms with Crippen molar-refractivity contribution in [1.29, 1.82) is 0 Å². The minimum absolute atomic E-state index is 0.0534. The Balaban J connectivity index is 1.79. The highest BCUT2D eigenvalue weighted by Gasteiger charge is 2.07. The van der Waals surface area contributed by atoms with Crippen molar-refractivity contribution in [2.24, 2.45) is 0 Å². The number of nitrogens with one attached hydrogen (secondary N) is 3. The first-order valence-corrected chi connectivity index (χ1v) is 8.10. The number of amides is 1. The van der Waals surface area contributed by atoms with E-state index in [-0.39, 0.29) is 5.91 Å². The minimum Gasteiger partial charge on any atom is -0.378 e. The maximum Gasteiger partial charge on any atom is 0.217 e. The van der Waals surface area contributed by atoms with E-state index in [1.807, 2.05) is 23.6 Å². The molecule has 0 saturated carbocycles. The average Bonchev–Trinajstić information content (AvgIpc) is 3.11. The van der Waals surface area contributed by atoms with Crippen molar-refractivity contribution < 1.29 is 4.79 Å². The minimum atomic E-state index is -0.0534. The van der Waals surface area contributed by atoms with Crippen LogP contribution < -0.4 is 10.6 Å². The van der Waals surface area contributed by atoms with Gasteiger partial charge in [-0.1, -0.05) is 11.6 Å². The molecule has 3 rings (SSSR count). The van der Waals surface area contributed by atoms with Crippen LogP contribution in [0.4, 0.5) is 5.69 Å². The molecule has 0 radical (unpaired) electrons. The van der Waals surface area contributed by atoms with Gasteiger partial charge in [0.15, 0.2) is 0 Å². The number of carbonyl (C=O) groups excluding carboxylic acids is 1. The van der Waals surface area contributed by atoms with E-state index in [1.165, 1.54) is 6.92 Å². The number of carbonyl (C=O) groups is 1. The van der Waals surface area contributed by atoms with Crippen molar-refractivity contribution >= 4 is 45.4 Å². The monoisotopic (exact) mass is 334 g/mol. The van der Waals surface area contributed by atoms with Crippen LogP contribution in [0, 0.1) is 0 Å². The van der Waals surface area contributed by atoms with E-state index in [0.717, 1.165) is 28.0 Å². The molecule has 2 aromatic heterocycles. The van der Waals surface area contributed by atoms with Gasteiger partial charge in [0.25, 0.3) is 0 Å². The number of fused-ring (bicyclic) bond motifs is 1. The number of H-pyrrole nitrogens is 1. The summed E-state index contributed by atoms with van der Waals surface area (Å²) in [4.78, 5) is 18.5. The molecule has 0 saturated heterocycles. The van der Waals surface area contributed by atoms with Gasteiger partial charge in [-0.05, 0) is 18.2 Å². The van der Waals surface area contributed by atoms with Crippen molar-refractivity contribution in [3.05, 3.63) is 45.5 Å². The number of benzene rings is 1. The first kappa shape index (κ1) is 14.9. The summed E-state index contributed by atoms with van der Waals surface area (Å²) in [6, 6.07) is 5.87. The maximum absolute atomic E-state index is 11.0. The third-order valence-corrected chi connectivity index (χ3v) is 4.18. The quantitative estimate of drug-likeness (QED) is 0.668. The Bertz CT molecular complexity index is 797. The zero-order valence-corrected chi connectivity index (χ0v) is 13.5. The maximum atomic E-state index is 11.0. The fourth-order valence-electron chi connectivity index (χ4n) is 2.17. The van der Waals surface area contributed by atoms with Gasteiger partial charge in [0.2, 0.25) is 5.91 Å². The largest absolute Gasteiger partial charge is 0.378 e. The number of nitrogens with zero attached hydrogens (tertiary/aromatic N) is 1. The normalized spacial score (nSPS) is 10.8. The molecule has 0 bridgehead atoms. The summed E-state index contributed by atoms with van der Waals surface area (Å²) >= 11 is 7.88. The van der Waals surface area contributed by atoms with Crippen LogP contribution in [0.5, 0.6) is 0 Å². The number of rotatable bonds is 5. The van der Waals surface area contributed by atoms with E-state index in [1.54, 1.807) is 16.8 Å². The summed E-state index contributed by atoms with van der Waals surface area (Å²) in [5.41, 5.74) is 5.57. The van der Waals surface area contributed by atoms with Crippen LogP contribution in [0.25, 0.3) is 10.9 Å². The summed E-state index contributed by atoms with van der Waals surface area (Å²) in [6.45, 7) is 2.61. The van der Waals surface area contributed by atoms with Crippen molar-refractivity contribution in [3.63, 3.8) is 0 Å². The van der Waals surface area contributed by atoms with Crippen LogP contribution in [0.15, 0.2) is 29.1 Å². The first-order chi connectivity index (χ1) is 10.6. The second kappa shape index (κ2) is 6.37. The van der Waals surface area contributed by atoms with E-state index < -0.39 is 0 Å². The topological polar surface area (TPSA) is 69.8 Å². The highest BCUT2D eigenvalue weighted by molar-refractivity contribution is 7.07. The van der Waals surface area contributed by atoms with E-state index in [4.69, 9.17) is 11.6 Å². The molecule has 0 fully saturated rings. The van der Waals surface area contributed by atoms with Gasteiger partial charge in [0.1, 0.15) is 0 Å². The fraction of sp³-hybridized carbons (Fsp3) is 0.200. The van der Waals surface area contributed by atoms with Gasteiger partial charge in [-0.3, -0.25) is 4.79 Å². The highest BCUT2D eigenvalue weighted by atomic mass is 35.5. The van der Waals surface area contributed by atoms with Crippen molar-refractivity contribution in [3.8, 4) is 0 Å². The van der Waals surface area contributed by atoms with Crippen LogP contribution >= 0.6 is 22.9 Å². The van der Waals surface area contributed by atoms with E-state index >= 15 is 0 Å². The molecular weight excluding hydrogens is 320 g/mol. The molecule has 0 unspecified atom stereocenters. The number of thiazole rings is 1. The molecule has 1 amide bonds. The van der Waals surface area contributed by atoms with Gasteiger partial charge >= 0.3 is 0 Å². The Kier molecular flexibility index (Phi) is 4.31. The number of hydrogen-bond acceptors (Lipinski definition) is 4. The third kappa shape index (κ3) is 3.40. The van der Waals surface area contributed by atoms with Crippen LogP contribution in [-0.4, -0.2) is 15.9 Å².